The van der Waals surface area contributed by atoms with Crippen molar-refractivity contribution in [3.8, 4) is 5.75 Å². The van der Waals surface area contributed by atoms with E-state index in [1.165, 1.54) is 0 Å². The molecule has 0 unspecified atom stereocenters. The summed E-state index contributed by atoms with van der Waals surface area (Å²) in [7, 11) is 0. The zero-order valence-corrected chi connectivity index (χ0v) is 11.1. The number of alkyl halides is 3. The van der Waals surface area contributed by atoms with E-state index in [2.05, 4.69) is 5.32 Å². The molecule has 0 aliphatic heterocycles. The molecule has 0 atom stereocenters. The van der Waals surface area contributed by atoms with Crippen molar-refractivity contribution in [1.29, 1.82) is 0 Å². The van der Waals surface area contributed by atoms with Crippen LogP contribution >= 0.6 is 0 Å². The highest BCUT2D eigenvalue weighted by atomic mass is 19.4. The number of carbonyl (C=O) groups excluding carboxylic acids is 2. The molecule has 0 aliphatic carbocycles. The van der Waals surface area contributed by atoms with Crippen LogP contribution in [0, 0.1) is 0 Å². The maximum Gasteiger partial charge on any atom is 0.416 e. The Morgan fingerprint density at radius 2 is 1.81 bits per heavy atom. The topological polar surface area (TPSA) is 81.4 Å². The second kappa shape index (κ2) is 7.51. The van der Waals surface area contributed by atoms with Gasteiger partial charge in [0.05, 0.1) is 5.56 Å². The molecule has 1 aromatic carbocycles. The summed E-state index contributed by atoms with van der Waals surface area (Å²) in [5.41, 5.74) is 4.14. The molecule has 3 N–H and O–H groups in total. The fourth-order valence-corrected chi connectivity index (χ4v) is 1.43. The van der Waals surface area contributed by atoms with Crippen LogP contribution in [0.2, 0.25) is 0 Å². The molecule has 1 rings (SSSR count). The molecule has 0 heterocycles. The average molecular weight is 304 g/mol. The molecule has 5 nitrogen and oxygen atoms in total. The minimum atomic E-state index is -4.41. The molecule has 0 saturated heterocycles. The summed E-state index contributed by atoms with van der Waals surface area (Å²) in [6.07, 6.45) is -3.82. The molecule has 0 aliphatic rings. The normalized spacial score (nSPS) is 11.0. The molecule has 2 amide bonds. The summed E-state index contributed by atoms with van der Waals surface area (Å²) >= 11 is 0. The van der Waals surface area contributed by atoms with Crippen LogP contribution in [-0.2, 0) is 15.8 Å². The van der Waals surface area contributed by atoms with Gasteiger partial charge in [-0.15, -0.1) is 0 Å². The number of nitrogens with one attached hydrogen (secondary N) is 1. The average Bonchev–Trinajstić information content (AvgIpc) is 2.40. The maximum atomic E-state index is 12.3. The van der Waals surface area contributed by atoms with Gasteiger partial charge >= 0.3 is 6.18 Å². The molecule has 116 valence electrons. The molecule has 0 spiro atoms. The van der Waals surface area contributed by atoms with Gasteiger partial charge in [-0.25, -0.2) is 0 Å². The molecule has 1 aromatic rings. The van der Waals surface area contributed by atoms with Gasteiger partial charge in [-0.3, -0.25) is 9.59 Å². The Morgan fingerprint density at radius 1 is 1.19 bits per heavy atom. The number of halogens is 3. The van der Waals surface area contributed by atoms with Gasteiger partial charge in [0.1, 0.15) is 5.75 Å². The lowest BCUT2D eigenvalue weighted by Crippen LogP contribution is -2.30. The van der Waals surface area contributed by atoms with E-state index in [1.807, 2.05) is 0 Å². The molecule has 0 saturated carbocycles. The summed E-state index contributed by atoms with van der Waals surface area (Å²) in [6, 6.07) is 4.03. The van der Waals surface area contributed by atoms with Crippen molar-refractivity contribution in [2.45, 2.75) is 19.0 Å². The van der Waals surface area contributed by atoms with Gasteiger partial charge < -0.3 is 15.8 Å². The summed E-state index contributed by atoms with van der Waals surface area (Å²) in [4.78, 5) is 21.8. The van der Waals surface area contributed by atoms with E-state index < -0.39 is 23.6 Å². The van der Waals surface area contributed by atoms with Gasteiger partial charge in [-0.1, -0.05) is 0 Å². The first-order valence-corrected chi connectivity index (χ1v) is 6.14. The minimum absolute atomic E-state index is 0.162. The molecular weight excluding hydrogens is 289 g/mol. The third kappa shape index (κ3) is 6.64. The van der Waals surface area contributed by atoms with Crippen molar-refractivity contribution in [3.63, 3.8) is 0 Å². The van der Waals surface area contributed by atoms with Crippen LogP contribution in [0.3, 0.4) is 0 Å². The number of amides is 2. The van der Waals surface area contributed by atoms with Gasteiger partial charge in [-0.05, 0) is 30.7 Å². The van der Waals surface area contributed by atoms with E-state index in [-0.39, 0.29) is 25.3 Å². The Labute approximate surface area is 119 Å². The van der Waals surface area contributed by atoms with Crippen LogP contribution in [0.1, 0.15) is 18.4 Å². The van der Waals surface area contributed by atoms with Crippen LogP contribution in [0.5, 0.6) is 5.75 Å². The highest BCUT2D eigenvalue weighted by Gasteiger charge is 2.30. The van der Waals surface area contributed by atoms with Crippen LogP contribution in [0.15, 0.2) is 24.3 Å². The standard InChI is InChI=1S/C13H15F3N2O3/c14-13(15,16)9-3-5-10(6-4-9)21-8-12(20)18-7-1-2-11(17)19/h3-6H,1-2,7-8H2,(H2,17,19)(H,18,20). The zero-order valence-electron chi connectivity index (χ0n) is 11.1. The van der Waals surface area contributed by atoms with Crippen molar-refractivity contribution >= 4 is 11.8 Å². The number of hydrogen-bond acceptors (Lipinski definition) is 3. The molecule has 0 aromatic heterocycles. The summed E-state index contributed by atoms with van der Waals surface area (Å²) in [6.45, 7) is -0.0416. The van der Waals surface area contributed by atoms with Crippen LogP contribution in [0.25, 0.3) is 0 Å². The van der Waals surface area contributed by atoms with Crippen molar-refractivity contribution < 1.29 is 27.5 Å². The molecule has 0 bridgehead atoms. The van der Waals surface area contributed by atoms with Gasteiger partial charge in [0.15, 0.2) is 6.61 Å². The van der Waals surface area contributed by atoms with E-state index in [1.54, 1.807) is 0 Å². The van der Waals surface area contributed by atoms with Crippen molar-refractivity contribution in [1.82, 2.24) is 5.32 Å². The first-order chi connectivity index (χ1) is 9.79. The Balaban J connectivity index is 2.31. The summed E-state index contributed by atoms with van der Waals surface area (Å²) in [5, 5.41) is 2.49. The Kier molecular flexibility index (Phi) is 6.01. The Hall–Kier alpha value is -2.25. The Morgan fingerprint density at radius 3 is 2.33 bits per heavy atom. The second-order valence-corrected chi connectivity index (χ2v) is 4.23. The first kappa shape index (κ1) is 16.8. The second-order valence-electron chi connectivity index (χ2n) is 4.23. The third-order valence-electron chi connectivity index (χ3n) is 2.47. The predicted molar refractivity (Wildman–Crippen MR) is 68.4 cm³/mol. The molecular formula is C13H15F3N2O3. The molecule has 8 heteroatoms. The number of rotatable bonds is 7. The SMILES string of the molecule is NC(=O)CCCNC(=O)COc1ccc(C(F)(F)F)cc1. The first-order valence-electron chi connectivity index (χ1n) is 6.14. The molecule has 21 heavy (non-hydrogen) atoms. The lowest BCUT2D eigenvalue weighted by Gasteiger charge is -2.09. The van der Waals surface area contributed by atoms with Gasteiger partial charge in [0.2, 0.25) is 5.91 Å². The number of ether oxygens (including phenoxy) is 1. The fourth-order valence-electron chi connectivity index (χ4n) is 1.43. The molecule has 0 radical (unpaired) electrons. The number of hydrogen-bond donors (Lipinski definition) is 2. The van der Waals surface area contributed by atoms with E-state index >= 15 is 0 Å². The van der Waals surface area contributed by atoms with E-state index in [0.29, 0.717) is 6.42 Å². The van der Waals surface area contributed by atoms with E-state index in [4.69, 9.17) is 10.5 Å². The maximum absolute atomic E-state index is 12.3. The van der Waals surface area contributed by atoms with Crippen molar-refractivity contribution in [2.24, 2.45) is 5.73 Å². The largest absolute Gasteiger partial charge is 0.484 e. The third-order valence-corrected chi connectivity index (χ3v) is 2.47. The monoisotopic (exact) mass is 304 g/mol. The van der Waals surface area contributed by atoms with Crippen molar-refractivity contribution in [2.75, 3.05) is 13.2 Å². The Bertz CT molecular complexity index is 486. The van der Waals surface area contributed by atoms with Crippen molar-refractivity contribution in [3.05, 3.63) is 29.8 Å². The minimum Gasteiger partial charge on any atom is -0.484 e. The highest BCUT2D eigenvalue weighted by molar-refractivity contribution is 5.77. The van der Waals surface area contributed by atoms with Crippen LogP contribution < -0.4 is 15.8 Å². The van der Waals surface area contributed by atoms with Gasteiger partial charge in [0, 0.05) is 13.0 Å². The predicted octanol–water partition coefficient (Wildman–Crippen LogP) is 1.47. The number of benzene rings is 1. The lowest BCUT2D eigenvalue weighted by molar-refractivity contribution is -0.137. The van der Waals surface area contributed by atoms with Gasteiger partial charge in [-0.2, -0.15) is 13.2 Å². The van der Waals surface area contributed by atoms with E-state index in [0.717, 1.165) is 24.3 Å². The molecule has 0 fully saturated rings. The number of primary amides is 1. The zero-order chi connectivity index (χ0) is 15.9. The van der Waals surface area contributed by atoms with Crippen LogP contribution in [-0.4, -0.2) is 25.0 Å². The number of carbonyl (C=O) groups is 2. The van der Waals surface area contributed by atoms with E-state index in [9.17, 15) is 22.8 Å². The van der Waals surface area contributed by atoms with Gasteiger partial charge in [0.25, 0.3) is 5.91 Å². The van der Waals surface area contributed by atoms with Crippen LogP contribution in [0.4, 0.5) is 13.2 Å². The fraction of sp³-hybridized carbons (Fsp3) is 0.385. The quantitative estimate of drug-likeness (QED) is 0.748. The summed E-state index contributed by atoms with van der Waals surface area (Å²) < 4.78 is 42.0. The number of nitrogens with two attached hydrogens (primary N) is 1. The highest BCUT2D eigenvalue weighted by Crippen LogP contribution is 2.30. The smallest absolute Gasteiger partial charge is 0.416 e. The lowest BCUT2D eigenvalue weighted by atomic mass is 10.2. The summed E-state index contributed by atoms with van der Waals surface area (Å²) in [5.74, 6) is -0.722.